The van der Waals surface area contributed by atoms with Gasteiger partial charge < -0.3 is 14.5 Å². The van der Waals surface area contributed by atoms with E-state index in [1.165, 1.54) is 0 Å². The fraction of sp³-hybridized carbons (Fsp3) is 0.800. The van der Waals surface area contributed by atoms with Gasteiger partial charge in [-0.05, 0) is 6.54 Å². The van der Waals surface area contributed by atoms with Crippen molar-refractivity contribution in [3.63, 3.8) is 0 Å². The number of aromatic nitrogens is 2. The number of hydrogen-bond acceptors (Lipinski definition) is 5. The van der Waals surface area contributed by atoms with Gasteiger partial charge >= 0.3 is 6.18 Å². The number of hydrogen-bond donors (Lipinski definition) is 1. The Balaban J connectivity index is 2.19. The van der Waals surface area contributed by atoms with Crippen molar-refractivity contribution in [3.8, 4) is 0 Å². The summed E-state index contributed by atoms with van der Waals surface area (Å²) in [4.78, 5) is 0. The number of nitrogens with zero attached hydrogens (tertiary/aromatic N) is 2. The van der Waals surface area contributed by atoms with Crippen LogP contribution >= 0.6 is 0 Å². The molecule has 5 nitrogen and oxygen atoms in total. The van der Waals surface area contributed by atoms with Gasteiger partial charge in [0.2, 0.25) is 11.8 Å². The Morgan fingerprint density at radius 2 is 1.89 bits per heavy atom. The molecule has 0 aliphatic carbocycles. The lowest BCUT2D eigenvalue weighted by atomic mass is 10.4. The minimum Gasteiger partial charge on any atom is -0.425 e. The van der Waals surface area contributed by atoms with E-state index in [4.69, 9.17) is 4.42 Å². The third-order valence-electron chi connectivity index (χ3n) is 2.00. The standard InChI is InChI=1S/C10H16F3N3O2/c1-2-14-5-3-8-15-16-9(18-8)4-6-17-7-10(11,12)13/h14H,2-7H2,1H3. The van der Waals surface area contributed by atoms with E-state index in [0.717, 1.165) is 13.1 Å². The smallest absolute Gasteiger partial charge is 0.411 e. The Morgan fingerprint density at radius 3 is 2.50 bits per heavy atom. The summed E-state index contributed by atoms with van der Waals surface area (Å²) in [6.45, 7) is 2.22. The highest BCUT2D eigenvalue weighted by molar-refractivity contribution is 4.82. The molecule has 18 heavy (non-hydrogen) atoms. The third-order valence-corrected chi connectivity index (χ3v) is 2.00. The van der Waals surface area contributed by atoms with Crippen LogP contribution in [0.1, 0.15) is 18.7 Å². The Labute approximate surface area is 103 Å². The lowest BCUT2D eigenvalue weighted by Gasteiger charge is -2.05. The van der Waals surface area contributed by atoms with Gasteiger partial charge in [0, 0.05) is 19.4 Å². The molecular formula is C10H16F3N3O2. The first-order valence-electron chi connectivity index (χ1n) is 5.67. The summed E-state index contributed by atoms with van der Waals surface area (Å²) < 4.78 is 45.0. The average molecular weight is 267 g/mol. The molecule has 1 N–H and O–H groups in total. The molecule has 0 aliphatic rings. The highest BCUT2D eigenvalue weighted by Crippen LogP contribution is 2.14. The van der Waals surface area contributed by atoms with E-state index in [0.29, 0.717) is 18.2 Å². The molecule has 0 saturated heterocycles. The predicted molar refractivity (Wildman–Crippen MR) is 57.1 cm³/mol. The predicted octanol–water partition coefficient (Wildman–Crippen LogP) is 1.34. The SMILES string of the molecule is CCNCCc1nnc(CCOCC(F)(F)F)o1. The fourth-order valence-electron chi connectivity index (χ4n) is 1.21. The lowest BCUT2D eigenvalue weighted by Crippen LogP contribution is -2.18. The maximum Gasteiger partial charge on any atom is 0.411 e. The summed E-state index contributed by atoms with van der Waals surface area (Å²) >= 11 is 0. The van der Waals surface area contributed by atoms with Crippen molar-refractivity contribution in [1.82, 2.24) is 15.5 Å². The zero-order chi connectivity index (χ0) is 13.4. The van der Waals surface area contributed by atoms with Gasteiger partial charge in [0.05, 0.1) is 6.61 Å². The molecule has 1 aromatic heterocycles. The molecule has 1 heterocycles. The van der Waals surface area contributed by atoms with Gasteiger partial charge in [-0.2, -0.15) is 13.2 Å². The molecule has 1 aromatic rings. The molecule has 0 aliphatic heterocycles. The molecule has 104 valence electrons. The van der Waals surface area contributed by atoms with Crippen LogP contribution in [0.25, 0.3) is 0 Å². The van der Waals surface area contributed by atoms with Crippen LogP contribution in [0.2, 0.25) is 0 Å². The van der Waals surface area contributed by atoms with E-state index in [1.807, 2.05) is 6.92 Å². The summed E-state index contributed by atoms with van der Waals surface area (Å²) in [6, 6.07) is 0. The molecule has 0 unspecified atom stereocenters. The third kappa shape index (κ3) is 6.55. The quantitative estimate of drug-likeness (QED) is 0.720. The maximum absolute atomic E-state index is 11.8. The normalized spacial score (nSPS) is 12.0. The van der Waals surface area contributed by atoms with E-state index >= 15 is 0 Å². The van der Waals surface area contributed by atoms with E-state index in [2.05, 4.69) is 20.3 Å². The van der Waals surface area contributed by atoms with Gasteiger partial charge in [0.1, 0.15) is 6.61 Å². The molecule has 0 bridgehead atoms. The molecular weight excluding hydrogens is 251 g/mol. The van der Waals surface area contributed by atoms with Gasteiger partial charge in [0.15, 0.2) is 0 Å². The Hall–Kier alpha value is -1.15. The van der Waals surface area contributed by atoms with Crippen molar-refractivity contribution >= 4 is 0 Å². The minimum atomic E-state index is -4.30. The summed E-state index contributed by atoms with van der Waals surface area (Å²) in [5.41, 5.74) is 0. The number of alkyl halides is 3. The molecule has 0 saturated carbocycles. The zero-order valence-electron chi connectivity index (χ0n) is 10.1. The summed E-state index contributed by atoms with van der Waals surface area (Å²) in [6.07, 6.45) is -3.51. The van der Waals surface area contributed by atoms with E-state index in [9.17, 15) is 13.2 Å². The van der Waals surface area contributed by atoms with Gasteiger partial charge in [-0.1, -0.05) is 6.92 Å². The number of ether oxygens (including phenoxy) is 1. The van der Waals surface area contributed by atoms with Crippen molar-refractivity contribution in [2.75, 3.05) is 26.3 Å². The van der Waals surface area contributed by atoms with Crippen molar-refractivity contribution < 1.29 is 22.3 Å². The molecule has 0 spiro atoms. The van der Waals surface area contributed by atoms with Gasteiger partial charge in [-0.25, -0.2) is 0 Å². The van der Waals surface area contributed by atoms with Crippen LogP contribution < -0.4 is 5.32 Å². The van der Waals surface area contributed by atoms with Crippen molar-refractivity contribution in [1.29, 1.82) is 0 Å². The van der Waals surface area contributed by atoms with Gasteiger partial charge in [-0.15, -0.1) is 10.2 Å². The van der Waals surface area contributed by atoms with Gasteiger partial charge in [0.25, 0.3) is 0 Å². The fourth-order valence-corrected chi connectivity index (χ4v) is 1.21. The molecule has 1 rings (SSSR count). The van der Waals surface area contributed by atoms with Crippen LogP contribution in [0.5, 0.6) is 0 Å². The molecule has 0 atom stereocenters. The van der Waals surface area contributed by atoms with Crippen LogP contribution in [0.4, 0.5) is 13.2 Å². The first-order valence-corrected chi connectivity index (χ1v) is 5.67. The van der Waals surface area contributed by atoms with Crippen molar-refractivity contribution in [2.24, 2.45) is 0 Å². The first kappa shape index (κ1) is 14.9. The number of rotatable bonds is 8. The topological polar surface area (TPSA) is 60.2 Å². The van der Waals surface area contributed by atoms with Crippen molar-refractivity contribution in [3.05, 3.63) is 11.8 Å². The Kier molecular flexibility index (Phi) is 6.06. The van der Waals surface area contributed by atoms with E-state index in [-0.39, 0.29) is 13.0 Å². The average Bonchev–Trinajstić information content (AvgIpc) is 2.72. The zero-order valence-corrected chi connectivity index (χ0v) is 10.1. The summed E-state index contributed by atoms with van der Waals surface area (Å²) in [5.74, 6) is 0.769. The highest BCUT2D eigenvalue weighted by Gasteiger charge is 2.27. The second-order valence-corrected chi connectivity index (χ2v) is 3.61. The molecule has 0 radical (unpaired) electrons. The minimum absolute atomic E-state index is 0.0889. The van der Waals surface area contributed by atoms with Gasteiger partial charge in [-0.3, -0.25) is 0 Å². The van der Waals surface area contributed by atoms with Crippen LogP contribution in [-0.4, -0.2) is 42.7 Å². The molecule has 0 fully saturated rings. The van der Waals surface area contributed by atoms with E-state index in [1.54, 1.807) is 0 Å². The molecule has 0 amide bonds. The van der Waals surface area contributed by atoms with Crippen LogP contribution in [-0.2, 0) is 17.6 Å². The first-order chi connectivity index (χ1) is 8.51. The second-order valence-electron chi connectivity index (χ2n) is 3.61. The number of halogens is 3. The van der Waals surface area contributed by atoms with E-state index < -0.39 is 12.8 Å². The highest BCUT2D eigenvalue weighted by atomic mass is 19.4. The van der Waals surface area contributed by atoms with Crippen LogP contribution in [0.3, 0.4) is 0 Å². The van der Waals surface area contributed by atoms with Crippen molar-refractivity contribution in [2.45, 2.75) is 25.9 Å². The maximum atomic E-state index is 11.8. The number of nitrogens with one attached hydrogen (secondary N) is 1. The summed E-state index contributed by atoms with van der Waals surface area (Å²) in [7, 11) is 0. The Bertz CT molecular complexity index is 341. The lowest BCUT2D eigenvalue weighted by molar-refractivity contribution is -0.173. The van der Waals surface area contributed by atoms with Crippen LogP contribution in [0.15, 0.2) is 4.42 Å². The monoisotopic (exact) mass is 267 g/mol. The van der Waals surface area contributed by atoms with Crippen LogP contribution in [0, 0.1) is 0 Å². The Morgan fingerprint density at radius 1 is 1.22 bits per heavy atom. The number of likely N-dealkylation sites (N-methyl/N-ethyl adjacent to an activating group) is 1. The summed E-state index contributed by atoms with van der Waals surface area (Å²) in [5, 5.41) is 10.6. The molecule has 0 aromatic carbocycles. The molecule has 8 heteroatoms. The second kappa shape index (κ2) is 7.32. The largest absolute Gasteiger partial charge is 0.425 e.